The third kappa shape index (κ3) is 3.35. The molecule has 18 heavy (non-hydrogen) atoms. The van der Waals surface area contributed by atoms with E-state index in [0.717, 1.165) is 12.8 Å². The van der Waals surface area contributed by atoms with Gasteiger partial charge in [0.2, 0.25) is 0 Å². The predicted octanol–water partition coefficient (Wildman–Crippen LogP) is 0.537. The fourth-order valence-corrected chi connectivity index (χ4v) is 2.24. The van der Waals surface area contributed by atoms with Gasteiger partial charge in [-0.3, -0.25) is 9.69 Å². The van der Waals surface area contributed by atoms with Gasteiger partial charge in [-0.2, -0.15) is 0 Å². The van der Waals surface area contributed by atoms with E-state index < -0.39 is 12.0 Å². The maximum Gasteiger partial charge on any atom is 0.320 e. The highest BCUT2D eigenvalue weighted by Gasteiger charge is 2.29. The van der Waals surface area contributed by atoms with E-state index in [1.165, 1.54) is 0 Å². The van der Waals surface area contributed by atoms with Gasteiger partial charge in [0.05, 0.1) is 0 Å². The molecule has 0 spiro atoms. The fourth-order valence-electron chi connectivity index (χ4n) is 2.24. The Morgan fingerprint density at radius 3 is 2.11 bits per heavy atom. The van der Waals surface area contributed by atoms with Gasteiger partial charge >= 0.3 is 12.0 Å². The first kappa shape index (κ1) is 14.8. The first-order valence-electron chi connectivity index (χ1n) is 6.25. The van der Waals surface area contributed by atoms with Crippen molar-refractivity contribution in [1.82, 2.24) is 14.7 Å². The Labute approximate surface area is 108 Å². The van der Waals surface area contributed by atoms with Crippen molar-refractivity contribution in [3.05, 3.63) is 0 Å². The second-order valence-corrected chi connectivity index (χ2v) is 5.07. The lowest BCUT2D eigenvalue weighted by Crippen LogP contribution is -2.51. The summed E-state index contributed by atoms with van der Waals surface area (Å²) in [6.07, 6.45) is 1.65. The van der Waals surface area contributed by atoms with Crippen LogP contribution in [0.15, 0.2) is 0 Å². The number of likely N-dealkylation sites (N-methyl/N-ethyl adjacent to an activating group) is 1. The molecule has 1 heterocycles. The highest BCUT2D eigenvalue weighted by Crippen LogP contribution is 2.18. The molecule has 1 fully saturated rings. The second kappa shape index (κ2) is 6.04. The van der Waals surface area contributed by atoms with Crippen molar-refractivity contribution in [2.45, 2.75) is 31.8 Å². The Morgan fingerprint density at radius 2 is 1.72 bits per heavy atom. The molecule has 6 nitrogen and oxygen atoms in total. The molecule has 0 radical (unpaired) electrons. The van der Waals surface area contributed by atoms with E-state index in [9.17, 15) is 9.59 Å². The number of amides is 2. The van der Waals surface area contributed by atoms with Gasteiger partial charge in [0, 0.05) is 33.2 Å². The zero-order chi connectivity index (χ0) is 13.9. The SMILES string of the molecule is CC(C(=O)O)N(C)C1CCN(C(=O)N(C)C)CC1. The minimum Gasteiger partial charge on any atom is -0.480 e. The summed E-state index contributed by atoms with van der Waals surface area (Å²) in [5.74, 6) is -0.802. The molecule has 0 aromatic carbocycles. The largest absolute Gasteiger partial charge is 0.480 e. The third-order valence-electron chi connectivity index (χ3n) is 3.66. The van der Waals surface area contributed by atoms with E-state index in [2.05, 4.69) is 0 Å². The average Bonchev–Trinajstić information content (AvgIpc) is 2.36. The van der Waals surface area contributed by atoms with Crippen LogP contribution in [0.2, 0.25) is 0 Å². The summed E-state index contributed by atoms with van der Waals surface area (Å²) in [4.78, 5) is 28.0. The van der Waals surface area contributed by atoms with Crippen LogP contribution in [0.25, 0.3) is 0 Å². The van der Waals surface area contributed by atoms with E-state index in [1.807, 2.05) is 16.8 Å². The van der Waals surface area contributed by atoms with Crippen LogP contribution in [0.3, 0.4) is 0 Å². The number of piperidine rings is 1. The zero-order valence-electron chi connectivity index (χ0n) is 11.6. The van der Waals surface area contributed by atoms with Crippen LogP contribution in [-0.2, 0) is 4.79 Å². The Kier molecular flexibility index (Phi) is 4.95. The molecule has 6 heteroatoms. The molecule has 0 aliphatic carbocycles. The zero-order valence-corrected chi connectivity index (χ0v) is 11.6. The minimum atomic E-state index is -0.802. The number of likely N-dealkylation sites (tertiary alicyclic amines) is 1. The standard InChI is InChI=1S/C12H23N3O3/c1-9(11(16)17)14(4)10-5-7-15(8-6-10)12(18)13(2)3/h9-10H,5-8H2,1-4H3,(H,16,17). The first-order chi connectivity index (χ1) is 8.34. The van der Waals surface area contributed by atoms with Gasteiger partial charge in [0.25, 0.3) is 0 Å². The van der Waals surface area contributed by atoms with Crippen LogP contribution >= 0.6 is 0 Å². The van der Waals surface area contributed by atoms with E-state index in [4.69, 9.17) is 5.11 Å². The summed E-state index contributed by atoms with van der Waals surface area (Å²) in [7, 11) is 5.33. The number of carboxylic acids is 1. The molecule has 0 saturated carbocycles. The minimum absolute atomic E-state index is 0.0300. The maximum absolute atomic E-state index is 11.8. The molecule has 0 aromatic heterocycles. The number of nitrogens with zero attached hydrogens (tertiary/aromatic N) is 3. The lowest BCUT2D eigenvalue weighted by atomic mass is 10.0. The van der Waals surface area contributed by atoms with Crippen molar-refractivity contribution in [2.24, 2.45) is 0 Å². The van der Waals surface area contributed by atoms with Crippen LogP contribution in [0.5, 0.6) is 0 Å². The quantitative estimate of drug-likeness (QED) is 0.801. The number of urea groups is 1. The van der Waals surface area contributed by atoms with Crippen molar-refractivity contribution in [1.29, 1.82) is 0 Å². The van der Waals surface area contributed by atoms with Crippen LogP contribution in [0.4, 0.5) is 4.79 Å². The average molecular weight is 257 g/mol. The van der Waals surface area contributed by atoms with Crippen LogP contribution in [0.1, 0.15) is 19.8 Å². The molecular formula is C12H23N3O3. The van der Waals surface area contributed by atoms with E-state index in [0.29, 0.717) is 13.1 Å². The number of carboxylic acid groups (broad SMARTS) is 1. The lowest BCUT2D eigenvalue weighted by Gasteiger charge is -2.38. The predicted molar refractivity (Wildman–Crippen MR) is 68.5 cm³/mol. The molecule has 1 aliphatic rings. The van der Waals surface area contributed by atoms with Gasteiger partial charge in [-0.15, -0.1) is 0 Å². The summed E-state index contributed by atoms with van der Waals surface area (Å²) >= 11 is 0. The fraction of sp³-hybridized carbons (Fsp3) is 0.833. The van der Waals surface area contributed by atoms with E-state index >= 15 is 0 Å². The van der Waals surface area contributed by atoms with Crippen molar-refractivity contribution >= 4 is 12.0 Å². The van der Waals surface area contributed by atoms with Crippen LogP contribution in [-0.4, -0.2) is 78.1 Å². The third-order valence-corrected chi connectivity index (χ3v) is 3.66. The maximum atomic E-state index is 11.8. The molecule has 1 rings (SSSR count). The first-order valence-corrected chi connectivity index (χ1v) is 6.25. The number of hydrogen-bond donors (Lipinski definition) is 1. The molecule has 1 aliphatic heterocycles. The molecule has 0 aromatic rings. The highest BCUT2D eigenvalue weighted by molar-refractivity contribution is 5.74. The molecular weight excluding hydrogens is 234 g/mol. The molecule has 0 bridgehead atoms. The highest BCUT2D eigenvalue weighted by atomic mass is 16.4. The van der Waals surface area contributed by atoms with Gasteiger partial charge in [-0.05, 0) is 26.8 Å². The van der Waals surface area contributed by atoms with Crippen LogP contribution in [0, 0.1) is 0 Å². The van der Waals surface area contributed by atoms with Crippen molar-refractivity contribution < 1.29 is 14.7 Å². The summed E-state index contributed by atoms with van der Waals surface area (Å²) in [5.41, 5.74) is 0. The summed E-state index contributed by atoms with van der Waals surface area (Å²) in [6.45, 7) is 3.08. The molecule has 1 N–H and O–H groups in total. The van der Waals surface area contributed by atoms with Crippen molar-refractivity contribution in [3.8, 4) is 0 Å². The van der Waals surface area contributed by atoms with Crippen molar-refractivity contribution in [2.75, 3.05) is 34.2 Å². The molecule has 1 saturated heterocycles. The number of aliphatic carboxylic acids is 1. The lowest BCUT2D eigenvalue weighted by molar-refractivity contribution is -0.143. The molecule has 1 atom stereocenters. The summed E-state index contributed by atoms with van der Waals surface area (Å²) in [5, 5.41) is 8.98. The van der Waals surface area contributed by atoms with E-state index in [-0.39, 0.29) is 12.1 Å². The monoisotopic (exact) mass is 257 g/mol. The Hall–Kier alpha value is -1.30. The van der Waals surface area contributed by atoms with Crippen molar-refractivity contribution in [3.63, 3.8) is 0 Å². The molecule has 1 unspecified atom stereocenters. The normalized spacial score (nSPS) is 18.8. The summed E-state index contributed by atoms with van der Waals surface area (Å²) in [6, 6.07) is -0.212. The number of hydrogen-bond acceptors (Lipinski definition) is 3. The van der Waals surface area contributed by atoms with Gasteiger partial charge in [0.15, 0.2) is 0 Å². The van der Waals surface area contributed by atoms with Gasteiger partial charge in [-0.1, -0.05) is 0 Å². The molecule has 104 valence electrons. The Balaban J connectivity index is 2.49. The number of carbonyl (C=O) groups excluding carboxylic acids is 1. The summed E-state index contributed by atoms with van der Waals surface area (Å²) < 4.78 is 0. The Bertz CT molecular complexity index is 312. The number of rotatable bonds is 3. The van der Waals surface area contributed by atoms with Gasteiger partial charge < -0.3 is 14.9 Å². The smallest absolute Gasteiger partial charge is 0.320 e. The van der Waals surface area contributed by atoms with Gasteiger partial charge in [0.1, 0.15) is 6.04 Å². The van der Waals surface area contributed by atoms with Gasteiger partial charge in [-0.25, -0.2) is 4.79 Å². The van der Waals surface area contributed by atoms with E-state index in [1.54, 1.807) is 25.9 Å². The second-order valence-electron chi connectivity index (χ2n) is 5.07. The Morgan fingerprint density at radius 1 is 1.22 bits per heavy atom. The van der Waals surface area contributed by atoms with Crippen LogP contribution < -0.4 is 0 Å². The molecule has 2 amide bonds. The topological polar surface area (TPSA) is 64.1 Å². The number of carbonyl (C=O) groups is 2.